The van der Waals surface area contributed by atoms with Gasteiger partial charge in [-0.15, -0.1) is 0 Å². The molecule has 0 saturated heterocycles. The zero-order valence-electron chi connectivity index (χ0n) is 18.4. The number of benzene rings is 3. The average Bonchev–Trinajstić information content (AvgIpc) is 2.85. The number of anilines is 1. The molecule has 0 radical (unpaired) electrons. The summed E-state index contributed by atoms with van der Waals surface area (Å²) in [6, 6.07) is 25.4. The van der Waals surface area contributed by atoms with Crippen LogP contribution in [0.25, 0.3) is 0 Å². The Kier molecular flexibility index (Phi) is 7.18. The molecule has 0 bridgehead atoms. The minimum atomic E-state index is 0.151. The molecule has 0 atom stereocenters. The van der Waals surface area contributed by atoms with Gasteiger partial charge in [-0.1, -0.05) is 86.8 Å². The second-order valence-electron chi connectivity index (χ2n) is 7.78. The third-order valence-corrected chi connectivity index (χ3v) is 5.40. The van der Waals surface area contributed by atoms with E-state index in [4.69, 9.17) is 9.73 Å². The number of hydrogen-bond donors (Lipinski definition) is 1. The zero-order valence-corrected chi connectivity index (χ0v) is 18.4. The quantitative estimate of drug-likeness (QED) is 0.425. The molecule has 0 aliphatic carbocycles. The lowest BCUT2D eigenvalue weighted by Gasteiger charge is -2.29. The molecule has 0 fully saturated rings. The van der Waals surface area contributed by atoms with Gasteiger partial charge < -0.3 is 14.7 Å². The monoisotopic (exact) mass is 427 g/mol. The molecule has 0 amide bonds. The molecule has 3 aromatic rings. The Morgan fingerprint density at radius 1 is 0.875 bits per heavy atom. The molecule has 32 heavy (non-hydrogen) atoms. The molecular weight excluding hydrogens is 398 g/mol. The standard InChI is InChI=1S/C27H29N3O2/c1-2-3-4-11-18-32-23-16-17-24(25(31)19-23)30-20-28-26(21-12-7-5-8-13-21)29-27(30)22-14-9-6-10-15-22/h5-10,12-17,19,31H,2-4,11,18,20H2,1H3. The summed E-state index contributed by atoms with van der Waals surface area (Å²) in [4.78, 5) is 11.5. The van der Waals surface area contributed by atoms with Crippen LogP contribution in [0.15, 0.2) is 88.8 Å². The number of nitrogens with zero attached hydrogens (tertiary/aromatic N) is 3. The fourth-order valence-corrected chi connectivity index (χ4v) is 3.68. The summed E-state index contributed by atoms with van der Waals surface area (Å²) in [6.07, 6.45) is 4.60. The first-order valence-electron chi connectivity index (χ1n) is 11.2. The molecule has 0 unspecified atom stereocenters. The number of amidine groups is 2. The Morgan fingerprint density at radius 3 is 2.28 bits per heavy atom. The largest absolute Gasteiger partial charge is 0.506 e. The SMILES string of the molecule is CCCCCCOc1ccc(N2CN=C(c3ccccc3)N=C2c2ccccc2)c(O)c1. The molecule has 164 valence electrons. The van der Waals surface area contributed by atoms with Crippen molar-refractivity contribution in [1.82, 2.24) is 0 Å². The van der Waals surface area contributed by atoms with E-state index in [2.05, 4.69) is 11.9 Å². The van der Waals surface area contributed by atoms with Crippen molar-refractivity contribution < 1.29 is 9.84 Å². The minimum absolute atomic E-state index is 0.151. The fourth-order valence-electron chi connectivity index (χ4n) is 3.68. The summed E-state index contributed by atoms with van der Waals surface area (Å²) in [6.45, 7) is 3.21. The molecule has 5 nitrogen and oxygen atoms in total. The Morgan fingerprint density at radius 2 is 1.59 bits per heavy atom. The highest BCUT2D eigenvalue weighted by molar-refractivity contribution is 6.19. The van der Waals surface area contributed by atoms with Crippen LogP contribution in [-0.2, 0) is 0 Å². The van der Waals surface area contributed by atoms with E-state index < -0.39 is 0 Å². The van der Waals surface area contributed by atoms with Gasteiger partial charge in [0.2, 0.25) is 0 Å². The van der Waals surface area contributed by atoms with Crippen molar-refractivity contribution in [1.29, 1.82) is 0 Å². The number of phenols is 1. The predicted octanol–water partition coefficient (Wildman–Crippen LogP) is 6.02. The maximum absolute atomic E-state index is 10.8. The van der Waals surface area contributed by atoms with Crippen molar-refractivity contribution in [2.24, 2.45) is 9.98 Å². The van der Waals surface area contributed by atoms with Crippen molar-refractivity contribution in [3.05, 3.63) is 90.0 Å². The van der Waals surface area contributed by atoms with E-state index in [1.165, 1.54) is 12.8 Å². The lowest BCUT2D eigenvalue weighted by molar-refractivity contribution is 0.303. The summed E-state index contributed by atoms with van der Waals surface area (Å²) >= 11 is 0. The molecule has 4 rings (SSSR count). The lowest BCUT2D eigenvalue weighted by Crippen LogP contribution is -2.36. The smallest absolute Gasteiger partial charge is 0.158 e. The minimum Gasteiger partial charge on any atom is -0.506 e. The summed E-state index contributed by atoms with van der Waals surface area (Å²) in [5.41, 5.74) is 2.59. The molecule has 1 aliphatic rings. The van der Waals surface area contributed by atoms with Gasteiger partial charge in [-0.05, 0) is 18.6 Å². The highest BCUT2D eigenvalue weighted by Crippen LogP contribution is 2.33. The topological polar surface area (TPSA) is 57.4 Å². The number of aliphatic imine (C=N–C) groups is 2. The predicted molar refractivity (Wildman–Crippen MR) is 131 cm³/mol. The Labute approximate surface area is 189 Å². The van der Waals surface area contributed by atoms with Gasteiger partial charge in [-0.2, -0.15) is 0 Å². The van der Waals surface area contributed by atoms with Crippen molar-refractivity contribution in [2.45, 2.75) is 32.6 Å². The summed E-state index contributed by atoms with van der Waals surface area (Å²) in [5, 5.41) is 10.8. The Bertz CT molecular complexity index is 1080. The molecule has 5 heteroatoms. The van der Waals surface area contributed by atoms with Gasteiger partial charge in [-0.25, -0.2) is 9.98 Å². The maximum atomic E-state index is 10.8. The first-order valence-corrected chi connectivity index (χ1v) is 11.2. The summed E-state index contributed by atoms with van der Waals surface area (Å²) in [7, 11) is 0. The van der Waals surface area contributed by atoms with Crippen LogP contribution in [-0.4, -0.2) is 30.1 Å². The van der Waals surface area contributed by atoms with E-state index in [1.807, 2.05) is 77.7 Å². The fraction of sp³-hybridized carbons (Fsp3) is 0.259. The number of ether oxygens (including phenoxy) is 1. The van der Waals surface area contributed by atoms with Gasteiger partial charge in [0, 0.05) is 17.2 Å². The van der Waals surface area contributed by atoms with Crippen molar-refractivity contribution in [3.8, 4) is 11.5 Å². The number of unbranched alkanes of at least 4 members (excludes halogenated alkanes) is 3. The number of rotatable bonds is 9. The van der Waals surface area contributed by atoms with E-state index in [-0.39, 0.29) is 5.75 Å². The van der Waals surface area contributed by atoms with Crippen LogP contribution in [0.3, 0.4) is 0 Å². The third kappa shape index (κ3) is 5.17. The van der Waals surface area contributed by atoms with Crippen LogP contribution < -0.4 is 9.64 Å². The van der Waals surface area contributed by atoms with Crippen LogP contribution in [0.5, 0.6) is 11.5 Å². The average molecular weight is 428 g/mol. The van der Waals surface area contributed by atoms with Gasteiger partial charge in [0.1, 0.15) is 24.0 Å². The summed E-state index contributed by atoms with van der Waals surface area (Å²) < 4.78 is 5.83. The first kappa shape index (κ1) is 21.6. The van der Waals surface area contributed by atoms with Crippen LogP contribution in [0.1, 0.15) is 43.7 Å². The van der Waals surface area contributed by atoms with Crippen LogP contribution in [0.4, 0.5) is 5.69 Å². The van der Waals surface area contributed by atoms with E-state index in [9.17, 15) is 5.11 Å². The molecule has 1 N–H and O–H groups in total. The van der Waals surface area contributed by atoms with Gasteiger partial charge in [0.15, 0.2) is 5.84 Å². The molecule has 0 saturated carbocycles. The highest BCUT2D eigenvalue weighted by atomic mass is 16.5. The van der Waals surface area contributed by atoms with E-state index >= 15 is 0 Å². The third-order valence-electron chi connectivity index (χ3n) is 5.40. The van der Waals surface area contributed by atoms with E-state index in [0.29, 0.717) is 30.5 Å². The van der Waals surface area contributed by atoms with Crippen molar-refractivity contribution >= 4 is 17.4 Å². The van der Waals surface area contributed by atoms with Gasteiger partial charge in [0.25, 0.3) is 0 Å². The Balaban J connectivity index is 1.58. The normalized spacial score (nSPS) is 13.5. The summed E-state index contributed by atoms with van der Waals surface area (Å²) in [5.74, 6) is 2.26. The second kappa shape index (κ2) is 10.6. The zero-order chi connectivity index (χ0) is 22.2. The number of hydrogen-bond acceptors (Lipinski definition) is 5. The van der Waals surface area contributed by atoms with Crippen LogP contribution in [0.2, 0.25) is 0 Å². The van der Waals surface area contributed by atoms with Gasteiger partial charge in [0.05, 0.1) is 12.3 Å². The van der Waals surface area contributed by atoms with Crippen LogP contribution >= 0.6 is 0 Å². The number of phenolic OH excluding ortho intramolecular Hbond substituents is 1. The van der Waals surface area contributed by atoms with E-state index in [1.54, 1.807) is 6.07 Å². The van der Waals surface area contributed by atoms with E-state index in [0.717, 1.165) is 29.8 Å². The molecule has 3 aromatic carbocycles. The second-order valence-corrected chi connectivity index (χ2v) is 7.78. The van der Waals surface area contributed by atoms with Crippen molar-refractivity contribution in [2.75, 3.05) is 18.2 Å². The molecule has 0 spiro atoms. The Hall–Kier alpha value is -3.60. The van der Waals surface area contributed by atoms with Crippen molar-refractivity contribution in [3.63, 3.8) is 0 Å². The van der Waals surface area contributed by atoms with Crippen LogP contribution in [0, 0.1) is 0 Å². The molecular formula is C27H29N3O2. The molecule has 1 aliphatic heterocycles. The first-order chi connectivity index (χ1) is 15.8. The molecule has 1 heterocycles. The maximum Gasteiger partial charge on any atom is 0.158 e. The lowest BCUT2D eigenvalue weighted by atomic mass is 10.1. The number of aromatic hydroxyl groups is 1. The van der Waals surface area contributed by atoms with Gasteiger partial charge >= 0.3 is 0 Å². The highest BCUT2D eigenvalue weighted by Gasteiger charge is 2.23. The molecule has 0 aromatic heterocycles. The van der Waals surface area contributed by atoms with Gasteiger partial charge in [-0.3, -0.25) is 0 Å².